The molecule has 1 atom stereocenters. The number of carboxylic acid groups (broad SMARTS) is 1. The van der Waals surface area contributed by atoms with Crippen LogP contribution in [0, 0.1) is 12.8 Å². The highest BCUT2D eigenvalue weighted by Gasteiger charge is 2.23. The highest BCUT2D eigenvalue weighted by atomic mass is 16.4. The van der Waals surface area contributed by atoms with Crippen LogP contribution in [0.25, 0.3) is 11.0 Å². The van der Waals surface area contributed by atoms with Crippen LogP contribution >= 0.6 is 0 Å². The first kappa shape index (κ1) is 18.6. The van der Waals surface area contributed by atoms with E-state index < -0.39 is 12.0 Å². The number of aryl methyl sites for hydroxylation is 3. The van der Waals surface area contributed by atoms with E-state index in [1.54, 1.807) is 32.4 Å². The third kappa shape index (κ3) is 4.23. The van der Waals surface area contributed by atoms with Crippen LogP contribution < -0.4 is 10.9 Å². The van der Waals surface area contributed by atoms with Gasteiger partial charge in [0.1, 0.15) is 11.7 Å². The first-order chi connectivity index (χ1) is 11.7. The molecule has 134 valence electrons. The molecule has 1 aromatic carbocycles. The molecule has 0 unspecified atom stereocenters. The van der Waals surface area contributed by atoms with E-state index >= 15 is 0 Å². The van der Waals surface area contributed by atoms with Gasteiger partial charge in [0, 0.05) is 13.5 Å². The van der Waals surface area contributed by atoms with Crippen molar-refractivity contribution in [2.24, 2.45) is 13.0 Å². The Morgan fingerprint density at radius 1 is 1.32 bits per heavy atom. The number of hydrogen-bond acceptors (Lipinski definition) is 4. The second kappa shape index (κ2) is 7.46. The molecule has 1 aromatic heterocycles. The van der Waals surface area contributed by atoms with Crippen LogP contribution in [0.15, 0.2) is 23.0 Å². The first-order valence-electron chi connectivity index (χ1n) is 8.19. The van der Waals surface area contributed by atoms with Crippen LogP contribution in [0.5, 0.6) is 0 Å². The minimum atomic E-state index is -1.03. The van der Waals surface area contributed by atoms with E-state index in [4.69, 9.17) is 5.11 Å². The lowest BCUT2D eigenvalue weighted by atomic mass is 10.0. The van der Waals surface area contributed by atoms with Gasteiger partial charge in [-0.1, -0.05) is 19.9 Å². The van der Waals surface area contributed by atoms with E-state index in [0.29, 0.717) is 17.6 Å². The van der Waals surface area contributed by atoms with Crippen molar-refractivity contribution in [1.82, 2.24) is 14.9 Å². The van der Waals surface area contributed by atoms with Crippen LogP contribution in [0.4, 0.5) is 0 Å². The molecular formula is C18H23N3O4. The molecule has 2 rings (SSSR count). The summed E-state index contributed by atoms with van der Waals surface area (Å²) in [7, 11) is 1.70. The lowest BCUT2D eigenvalue weighted by Gasteiger charge is -2.17. The molecule has 2 N–H and O–H groups in total. The fraction of sp³-hybridized carbons (Fsp3) is 0.444. The minimum Gasteiger partial charge on any atom is -0.480 e. The zero-order valence-corrected chi connectivity index (χ0v) is 14.9. The Bertz CT molecular complexity index is 870. The summed E-state index contributed by atoms with van der Waals surface area (Å²) in [5, 5.41) is 11.7. The molecule has 0 aliphatic heterocycles. The fourth-order valence-electron chi connectivity index (χ4n) is 2.70. The second-order valence-corrected chi connectivity index (χ2v) is 6.51. The summed E-state index contributed by atoms with van der Waals surface area (Å²) in [6.45, 7) is 5.17. The van der Waals surface area contributed by atoms with Crippen molar-refractivity contribution in [3.8, 4) is 0 Å². The largest absolute Gasteiger partial charge is 0.480 e. The molecule has 7 nitrogen and oxygen atoms in total. The Hall–Kier alpha value is -2.70. The Morgan fingerprint density at radius 2 is 2.00 bits per heavy atom. The zero-order valence-electron chi connectivity index (χ0n) is 14.9. The number of benzene rings is 1. The number of aromatic nitrogens is 2. The molecule has 0 saturated heterocycles. The Morgan fingerprint density at radius 3 is 2.60 bits per heavy atom. The number of rotatable bonds is 6. The maximum atomic E-state index is 12.0. The second-order valence-electron chi connectivity index (χ2n) is 6.51. The predicted molar refractivity (Wildman–Crippen MR) is 94.4 cm³/mol. The number of carbonyl (C=O) groups is 2. The number of carboxylic acids is 1. The van der Waals surface area contributed by atoms with Crippen molar-refractivity contribution in [1.29, 1.82) is 0 Å². The smallest absolute Gasteiger partial charge is 0.326 e. The normalized spacial score (nSPS) is 12.4. The average Bonchev–Trinajstić information content (AvgIpc) is 2.55. The lowest BCUT2D eigenvalue weighted by molar-refractivity contribution is -0.143. The summed E-state index contributed by atoms with van der Waals surface area (Å²) in [5.41, 5.74) is 2.63. The van der Waals surface area contributed by atoms with Gasteiger partial charge in [0.25, 0.3) is 5.56 Å². The maximum Gasteiger partial charge on any atom is 0.326 e. The zero-order chi connectivity index (χ0) is 18.7. The van der Waals surface area contributed by atoms with E-state index in [9.17, 15) is 14.4 Å². The predicted octanol–water partition coefficient (Wildman–Crippen LogP) is 1.40. The number of nitrogens with zero attached hydrogens (tertiary/aromatic N) is 2. The summed E-state index contributed by atoms with van der Waals surface area (Å²) in [6.07, 6.45) is 0.655. The van der Waals surface area contributed by atoms with Gasteiger partial charge in [-0.3, -0.25) is 9.59 Å². The Labute approximate surface area is 145 Å². The van der Waals surface area contributed by atoms with Crippen molar-refractivity contribution >= 4 is 22.9 Å². The number of aliphatic carboxylic acids is 1. The highest BCUT2D eigenvalue weighted by Crippen LogP contribution is 2.14. The summed E-state index contributed by atoms with van der Waals surface area (Å²) in [5.74, 6) is -1.52. The van der Waals surface area contributed by atoms with Gasteiger partial charge in [-0.05, 0) is 37.0 Å². The molecule has 0 radical (unpaired) electrons. The molecule has 0 aliphatic carbocycles. The highest BCUT2D eigenvalue weighted by molar-refractivity contribution is 5.84. The number of carbonyl (C=O) groups excluding carboxylic acids is 1. The summed E-state index contributed by atoms with van der Waals surface area (Å²) in [6, 6.07) is 4.63. The van der Waals surface area contributed by atoms with Crippen molar-refractivity contribution in [3.63, 3.8) is 0 Å². The summed E-state index contributed by atoms with van der Waals surface area (Å²) >= 11 is 0. The molecule has 7 heteroatoms. The molecule has 25 heavy (non-hydrogen) atoms. The van der Waals surface area contributed by atoms with Crippen LogP contribution in [-0.2, 0) is 23.1 Å². The topological polar surface area (TPSA) is 101 Å². The van der Waals surface area contributed by atoms with Crippen LogP contribution in [0.3, 0.4) is 0 Å². The van der Waals surface area contributed by atoms with Gasteiger partial charge in [0.15, 0.2) is 0 Å². The van der Waals surface area contributed by atoms with Gasteiger partial charge in [0.05, 0.1) is 11.0 Å². The fourth-order valence-corrected chi connectivity index (χ4v) is 2.70. The Balaban J connectivity index is 2.11. The number of nitrogens with one attached hydrogen (secondary N) is 1. The third-order valence-corrected chi connectivity index (χ3v) is 4.19. The standard InChI is InChI=1S/C18H23N3O4/c1-10(2)16(18(24)25)20-15(22)8-6-12-5-7-14-13(9-12)19-11(3)17(23)21(14)4/h5,7,9-10,16H,6,8H2,1-4H3,(H,20,22)(H,24,25)/t16-/m1/s1. The molecule has 0 fully saturated rings. The van der Waals surface area contributed by atoms with Gasteiger partial charge in [-0.25, -0.2) is 9.78 Å². The molecule has 0 saturated carbocycles. The Kier molecular flexibility index (Phi) is 5.56. The van der Waals surface area contributed by atoms with Crippen LogP contribution in [-0.4, -0.2) is 32.6 Å². The van der Waals surface area contributed by atoms with E-state index in [2.05, 4.69) is 10.3 Å². The molecule has 0 aliphatic rings. The lowest BCUT2D eigenvalue weighted by Crippen LogP contribution is -2.44. The number of amides is 1. The van der Waals surface area contributed by atoms with E-state index in [1.165, 1.54) is 0 Å². The van der Waals surface area contributed by atoms with Crippen molar-refractivity contribution < 1.29 is 14.7 Å². The number of fused-ring (bicyclic) bond motifs is 1. The van der Waals surface area contributed by atoms with Crippen molar-refractivity contribution in [3.05, 3.63) is 39.8 Å². The maximum absolute atomic E-state index is 12.0. The molecule has 0 spiro atoms. The van der Waals surface area contributed by atoms with Gasteiger partial charge in [-0.15, -0.1) is 0 Å². The van der Waals surface area contributed by atoms with Crippen LogP contribution in [0.2, 0.25) is 0 Å². The summed E-state index contributed by atoms with van der Waals surface area (Å²) in [4.78, 5) is 39.4. The van der Waals surface area contributed by atoms with E-state index in [1.807, 2.05) is 18.2 Å². The van der Waals surface area contributed by atoms with Gasteiger partial charge >= 0.3 is 5.97 Å². The third-order valence-electron chi connectivity index (χ3n) is 4.19. The monoisotopic (exact) mass is 345 g/mol. The molecule has 2 aromatic rings. The molecule has 1 heterocycles. The SMILES string of the molecule is Cc1nc2cc(CCC(=O)N[C@@H](C(=O)O)C(C)C)ccc2n(C)c1=O. The van der Waals surface area contributed by atoms with Crippen molar-refractivity contribution in [2.75, 3.05) is 0 Å². The minimum absolute atomic E-state index is 0.131. The van der Waals surface area contributed by atoms with Gasteiger partial charge in [-0.2, -0.15) is 0 Å². The number of hydrogen-bond donors (Lipinski definition) is 2. The first-order valence-corrected chi connectivity index (χ1v) is 8.19. The molecule has 1 amide bonds. The summed E-state index contributed by atoms with van der Waals surface area (Å²) < 4.78 is 1.55. The van der Waals surface area contributed by atoms with Gasteiger partial charge in [0.2, 0.25) is 5.91 Å². The van der Waals surface area contributed by atoms with E-state index in [-0.39, 0.29) is 23.8 Å². The molecule has 0 bridgehead atoms. The van der Waals surface area contributed by atoms with Crippen LogP contribution in [0.1, 0.15) is 31.5 Å². The van der Waals surface area contributed by atoms with Crippen molar-refractivity contribution in [2.45, 2.75) is 39.7 Å². The van der Waals surface area contributed by atoms with E-state index in [0.717, 1.165) is 11.1 Å². The molecular weight excluding hydrogens is 322 g/mol. The van der Waals surface area contributed by atoms with Gasteiger partial charge < -0.3 is 15.0 Å². The average molecular weight is 345 g/mol. The quantitative estimate of drug-likeness (QED) is 0.824.